The number of carbonyl (C=O) groups excluding carboxylic acids is 1. The van der Waals surface area contributed by atoms with Gasteiger partial charge >= 0.3 is 0 Å². The molecule has 2 aromatic carbocycles. The first-order chi connectivity index (χ1) is 13.9. The number of hydrogen-bond donors (Lipinski definition) is 2. The molecule has 1 saturated heterocycles. The van der Waals surface area contributed by atoms with E-state index in [9.17, 15) is 13.2 Å². The van der Waals surface area contributed by atoms with Crippen molar-refractivity contribution < 1.29 is 18.1 Å². The van der Waals surface area contributed by atoms with Crippen LogP contribution in [0.4, 0.5) is 0 Å². The van der Waals surface area contributed by atoms with Crippen molar-refractivity contribution in [1.29, 1.82) is 0 Å². The number of hydrogen-bond acceptors (Lipinski definition) is 4. The second kappa shape index (κ2) is 9.82. The van der Waals surface area contributed by atoms with E-state index in [1.807, 2.05) is 12.1 Å². The second-order valence-corrected chi connectivity index (χ2v) is 9.86. The Morgan fingerprint density at radius 1 is 1.17 bits per heavy atom. The largest absolute Gasteiger partial charge is 0.325 e. The van der Waals surface area contributed by atoms with Gasteiger partial charge in [0, 0.05) is 15.1 Å². The minimum Gasteiger partial charge on any atom is -0.325 e. The van der Waals surface area contributed by atoms with E-state index in [0.717, 1.165) is 9.37 Å². The van der Waals surface area contributed by atoms with Gasteiger partial charge in [0.15, 0.2) is 6.54 Å². The Morgan fingerprint density at radius 2 is 1.83 bits per heavy atom. The Bertz CT molecular complexity index is 991. The van der Waals surface area contributed by atoms with Gasteiger partial charge in [-0.3, -0.25) is 4.79 Å². The average molecular weight is 501 g/mol. The summed E-state index contributed by atoms with van der Waals surface area (Å²) < 4.78 is 27.7. The second-order valence-electron chi connectivity index (χ2n) is 6.60. The molecule has 10 heteroatoms. The number of nitrogens with one attached hydrogen (secondary N) is 2. The van der Waals surface area contributed by atoms with Crippen molar-refractivity contribution in [2.75, 3.05) is 32.7 Å². The Balaban J connectivity index is 1.48. The number of halogens is 2. The molecule has 3 rings (SSSR count). The molecule has 154 valence electrons. The van der Waals surface area contributed by atoms with E-state index in [4.69, 9.17) is 11.6 Å². The lowest BCUT2D eigenvalue weighted by atomic mass is 10.2. The predicted molar refractivity (Wildman–Crippen MR) is 116 cm³/mol. The van der Waals surface area contributed by atoms with Gasteiger partial charge in [-0.2, -0.15) is 9.41 Å². The van der Waals surface area contributed by atoms with Gasteiger partial charge < -0.3 is 4.90 Å². The van der Waals surface area contributed by atoms with E-state index >= 15 is 0 Å². The molecule has 0 aliphatic carbocycles. The number of quaternary nitrogens is 1. The van der Waals surface area contributed by atoms with Crippen LogP contribution in [0.5, 0.6) is 0 Å². The standard InChI is InChI=1S/C19H20BrClN4O3S/c20-16-5-7-17(8-6-16)29(27,28)25-11-9-24(10-12-25)14-19(26)23-22-13-15-3-1-2-4-18(15)21/h1-8,13H,9-12,14H2,(H,23,26)/p+1/b22-13-. The smallest absolute Gasteiger partial charge is 0.295 e. The van der Waals surface area contributed by atoms with Crippen LogP contribution in [-0.4, -0.2) is 57.6 Å². The minimum absolute atomic E-state index is 0.228. The zero-order chi connectivity index (χ0) is 20.9. The molecule has 29 heavy (non-hydrogen) atoms. The molecule has 0 atom stereocenters. The highest BCUT2D eigenvalue weighted by Gasteiger charge is 2.31. The van der Waals surface area contributed by atoms with Crippen LogP contribution in [0.1, 0.15) is 5.56 Å². The molecule has 0 unspecified atom stereocenters. The fourth-order valence-electron chi connectivity index (χ4n) is 3.00. The molecule has 2 N–H and O–H groups in total. The third kappa shape index (κ3) is 5.86. The fourth-order valence-corrected chi connectivity index (χ4v) is 4.89. The van der Waals surface area contributed by atoms with Gasteiger partial charge in [0.05, 0.1) is 37.3 Å². The van der Waals surface area contributed by atoms with Crippen molar-refractivity contribution in [2.24, 2.45) is 5.10 Å². The third-order valence-corrected chi connectivity index (χ3v) is 7.38. The summed E-state index contributed by atoms with van der Waals surface area (Å²) in [6.45, 7) is 2.06. The molecule has 0 aromatic heterocycles. The molecule has 1 amide bonds. The minimum atomic E-state index is -3.52. The summed E-state index contributed by atoms with van der Waals surface area (Å²) >= 11 is 9.34. The number of benzene rings is 2. The number of carbonyl (C=O) groups is 1. The van der Waals surface area contributed by atoms with Gasteiger partial charge in [0.25, 0.3) is 5.91 Å². The summed E-state index contributed by atoms with van der Waals surface area (Å²) in [7, 11) is -3.52. The van der Waals surface area contributed by atoms with Crippen molar-refractivity contribution in [3.63, 3.8) is 0 Å². The van der Waals surface area contributed by atoms with Crippen LogP contribution in [0.15, 0.2) is 63.0 Å². The lowest BCUT2D eigenvalue weighted by Gasteiger charge is -2.31. The molecule has 0 radical (unpaired) electrons. The third-order valence-electron chi connectivity index (χ3n) is 4.59. The van der Waals surface area contributed by atoms with Gasteiger partial charge in [0.2, 0.25) is 10.0 Å². The molecule has 0 saturated carbocycles. The van der Waals surface area contributed by atoms with Gasteiger partial charge in [-0.1, -0.05) is 45.7 Å². The summed E-state index contributed by atoms with van der Waals surface area (Å²) in [5.74, 6) is -0.229. The number of hydrazone groups is 1. The van der Waals surface area contributed by atoms with Gasteiger partial charge in [0.1, 0.15) is 0 Å². The molecule has 1 aliphatic heterocycles. The first-order valence-corrected chi connectivity index (χ1v) is 11.6. The van der Waals surface area contributed by atoms with Crippen LogP contribution in [0.3, 0.4) is 0 Å². The molecule has 1 aliphatic rings. The normalized spacial score (nSPS) is 16.2. The van der Waals surface area contributed by atoms with Crippen LogP contribution in [0, 0.1) is 0 Å². The van der Waals surface area contributed by atoms with Crippen molar-refractivity contribution in [2.45, 2.75) is 4.90 Å². The monoisotopic (exact) mass is 499 g/mol. The van der Waals surface area contributed by atoms with Crippen molar-refractivity contribution in [3.8, 4) is 0 Å². The highest BCUT2D eigenvalue weighted by atomic mass is 79.9. The predicted octanol–water partition coefficient (Wildman–Crippen LogP) is 1.14. The van der Waals surface area contributed by atoms with E-state index in [-0.39, 0.29) is 17.3 Å². The average Bonchev–Trinajstić information content (AvgIpc) is 2.70. The van der Waals surface area contributed by atoms with E-state index in [1.54, 1.807) is 36.4 Å². The van der Waals surface area contributed by atoms with Gasteiger partial charge in [-0.25, -0.2) is 13.8 Å². The van der Waals surface area contributed by atoms with Crippen LogP contribution in [-0.2, 0) is 14.8 Å². The molecule has 7 nitrogen and oxygen atoms in total. The quantitative estimate of drug-likeness (QED) is 0.461. The number of sulfonamides is 1. The first kappa shape index (κ1) is 21.9. The molecular formula is C19H21BrClN4O3S+. The molecule has 0 bridgehead atoms. The van der Waals surface area contributed by atoms with Crippen LogP contribution < -0.4 is 10.3 Å². The number of nitrogens with zero attached hydrogens (tertiary/aromatic N) is 2. The van der Waals surface area contributed by atoms with Crippen LogP contribution >= 0.6 is 27.5 Å². The first-order valence-electron chi connectivity index (χ1n) is 9.02. The zero-order valence-corrected chi connectivity index (χ0v) is 18.7. The van der Waals surface area contributed by atoms with Gasteiger partial charge in [-0.15, -0.1) is 0 Å². The van der Waals surface area contributed by atoms with Gasteiger partial charge in [-0.05, 0) is 30.3 Å². The summed E-state index contributed by atoms with van der Waals surface area (Å²) in [6, 6.07) is 13.8. The van der Waals surface area contributed by atoms with E-state index in [0.29, 0.717) is 36.8 Å². The maximum atomic E-state index is 12.7. The number of piperazine rings is 1. The van der Waals surface area contributed by atoms with Crippen molar-refractivity contribution >= 4 is 49.7 Å². The molecular weight excluding hydrogens is 480 g/mol. The summed E-state index contributed by atoms with van der Waals surface area (Å²) in [5.41, 5.74) is 3.21. The molecule has 0 spiro atoms. The zero-order valence-electron chi connectivity index (χ0n) is 15.5. The van der Waals surface area contributed by atoms with E-state index < -0.39 is 10.0 Å². The van der Waals surface area contributed by atoms with Crippen molar-refractivity contribution in [1.82, 2.24) is 9.73 Å². The van der Waals surface area contributed by atoms with Crippen LogP contribution in [0.2, 0.25) is 5.02 Å². The summed E-state index contributed by atoms with van der Waals surface area (Å²) in [6.07, 6.45) is 1.50. The topological polar surface area (TPSA) is 83.3 Å². The van der Waals surface area contributed by atoms with Crippen molar-refractivity contribution in [3.05, 3.63) is 63.6 Å². The SMILES string of the molecule is O=C(C[NH+]1CCN(S(=O)(=O)c2ccc(Br)cc2)CC1)N/N=C\c1ccccc1Cl. The molecule has 1 heterocycles. The lowest BCUT2D eigenvalue weighted by molar-refractivity contribution is -0.895. The summed E-state index contributed by atoms with van der Waals surface area (Å²) in [4.78, 5) is 13.4. The Morgan fingerprint density at radius 3 is 2.48 bits per heavy atom. The number of rotatable bonds is 6. The highest BCUT2D eigenvalue weighted by Crippen LogP contribution is 2.18. The van der Waals surface area contributed by atoms with E-state index in [1.165, 1.54) is 10.5 Å². The summed E-state index contributed by atoms with van der Waals surface area (Å²) in [5, 5.41) is 4.49. The Labute approximate surface area is 183 Å². The molecule has 1 fully saturated rings. The number of amides is 1. The Kier molecular flexibility index (Phi) is 7.42. The fraction of sp³-hybridized carbons (Fsp3) is 0.263. The molecule has 2 aromatic rings. The maximum Gasteiger partial charge on any atom is 0.295 e. The van der Waals surface area contributed by atoms with Crippen LogP contribution in [0.25, 0.3) is 0 Å². The Hall–Kier alpha value is -1.78. The van der Waals surface area contributed by atoms with E-state index in [2.05, 4.69) is 26.5 Å². The maximum absolute atomic E-state index is 12.7. The lowest BCUT2D eigenvalue weighted by Crippen LogP contribution is -3.15. The highest BCUT2D eigenvalue weighted by molar-refractivity contribution is 9.10.